The molecule has 4 rings (SSSR count). The topological polar surface area (TPSA) is 68.2 Å². The van der Waals surface area contributed by atoms with Crippen LogP contribution in [0.1, 0.15) is 22.3 Å². The molecule has 0 aliphatic carbocycles. The van der Waals surface area contributed by atoms with Crippen LogP contribution in [0.5, 0.6) is 0 Å². The summed E-state index contributed by atoms with van der Waals surface area (Å²) < 4.78 is 43.1. The maximum absolute atomic E-state index is 12.1. The van der Waals surface area contributed by atoms with Crippen LogP contribution in [0, 0.1) is 0 Å². The number of hydrogen-bond donors (Lipinski definition) is 2. The lowest BCUT2D eigenvalue weighted by atomic mass is 10.1. The molecule has 0 saturated carbocycles. The lowest BCUT2D eigenvalue weighted by Gasteiger charge is -2.10. The maximum atomic E-state index is 12.1. The molecule has 6 nitrogen and oxygen atoms in total. The van der Waals surface area contributed by atoms with Crippen LogP contribution in [-0.2, 0) is 31.0 Å². The Labute approximate surface area is 200 Å². The molecule has 0 fully saturated rings. The predicted molar refractivity (Wildman–Crippen MR) is 127 cm³/mol. The van der Waals surface area contributed by atoms with E-state index in [0.29, 0.717) is 25.2 Å². The van der Waals surface area contributed by atoms with Crippen molar-refractivity contribution in [2.24, 2.45) is 0 Å². The minimum atomic E-state index is -4.34. The summed E-state index contributed by atoms with van der Waals surface area (Å²) >= 11 is 0. The van der Waals surface area contributed by atoms with Gasteiger partial charge in [0.2, 0.25) is 0 Å². The first-order chi connectivity index (χ1) is 16.9. The summed E-state index contributed by atoms with van der Waals surface area (Å²) in [6.07, 6.45) is -2.51. The van der Waals surface area contributed by atoms with Gasteiger partial charge in [0, 0.05) is 19.6 Å². The van der Waals surface area contributed by atoms with Crippen molar-refractivity contribution in [2.45, 2.75) is 32.4 Å². The van der Waals surface area contributed by atoms with Gasteiger partial charge in [0.15, 0.2) is 0 Å². The normalized spacial score (nSPS) is 11.5. The van der Waals surface area contributed by atoms with Crippen molar-refractivity contribution in [2.75, 3.05) is 6.61 Å². The quantitative estimate of drug-likeness (QED) is 0.346. The molecule has 0 atom stereocenters. The summed E-state index contributed by atoms with van der Waals surface area (Å²) in [4.78, 5) is 16.5. The molecule has 182 valence electrons. The molecule has 0 bridgehead atoms. The lowest BCUT2D eigenvalue weighted by molar-refractivity contribution is -0.176. The second-order valence-corrected chi connectivity index (χ2v) is 8.14. The zero-order valence-corrected chi connectivity index (χ0v) is 18.9. The molecule has 1 aromatic heterocycles. The number of rotatable bonds is 9. The van der Waals surface area contributed by atoms with Gasteiger partial charge in [0.25, 0.3) is 0 Å². The Morgan fingerprint density at radius 2 is 1.40 bits per heavy atom. The number of imidazole rings is 1. The van der Waals surface area contributed by atoms with Crippen LogP contribution in [0.2, 0.25) is 0 Å². The molecule has 1 heterocycles. The largest absolute Gasteiger partial charge is 0.411 e. The number of halogens is 3. The van der Waals surface area contributed by atoms with Crippen LogP contribution in [0.15, 0.2) is 79.1 Å². The van der Waals surface area contributed by atoms with Crippen LogP contribution in [0.3, 0.4) is 0 Å². The van der Waals surface area contributed by atoms with E-state index in [9.17, 15) is 18.0 Å². The smallest absolute Gasteiger partial charge is 0.367 e. The fourth-order valence-corrected chi connectivity index (χ4v) is 3.56. The van der Waals surface area contributed by atoms with Crippen molar-refractivity contribution in [3.63, 3.8) is 0 Å². The van der Waals surface area contributed by atoms with Crippen molar-refractivity contribution in [1.29, 1.82) is 0 Å². The summed E-state index contributed by atoms with van der Waals surface area (Å²) in [6, 6.07) is 22.6. The van der Waals surface area contributed by atoms with Crippen LogP contribution in [-0.4, -0.2) is 28.4 Å². The van der Waals surface area contributed by atoms with Crippen molar-refractivity contribution < 1.29 is 22.7 Å². The number of aromatic nitrogens is 2. The van der Waals surface area contributed by atoms with E-state index in [1.807, 2.05) is 54.9 Å². The second kappa shape index (κ2) is 11.1. The third-order valence-electron chi connectivity index (χ3n) is 5.37. The molecule has 0 radical (unpaired) electrons. The Kier molecular flexibility index (Phi) is 7.67. The number of fused-ring (bicyclic) bond motifs is 1. The minimum Gasteiger partial charge on any atom is -0.367 e. The van der Waals surface area contributed by atoms with Gasteiger partial charge >= 0.3 is 12.2 Å². The van der Waals surface area contributed by atoms with E-state index >= 15 is 0 Å². The second-order valence-electron chi connectivity index (χ2n) is 8.14. The highest BCUT2D eigenvalue weighted by Crippen LogP contribution is 2.16. The molecule has 2 amide bonds. The number of para-hydroxylation sites is 2. The molecular formula is C26H25F3N4O2. The first kappa shape index (κ1) is 24.3. The van der Waals surface area contributed by atoms with Gasteiger partial charge in [0.1, 0.15) is 6.61 Å². The number of alkyl halides is 3. The van der Waals surface area contributed by atoms with Gasteiger partial charge in [-0.2, -0.15) is 13.2 Å². The molecule has 0 unspecified atom stereocenters. The average Bonchev–Trinajstić information content (AvgIpc) is 3.25. The van der Waals surface area contributed by atoms with Gasteiger partial charge in [-0.1, -0.05) is 60.7 Å². The third kappa shape index (κ3) is 7.31. The number of nitrogens with one attached hydrogen (secondary N) is 2. The Bertz CT molecular complexity index is 1250. The van der Waals surface area contributed by atoms with Crippen molar-refractivity contribution in [3.8, 4) is 0 Å². The average molecular weight is 483 g/mol. The summed E-state index contributed by atoms with van der Waals surface area (Å²) in [7, 11) is 0. The first-order valence-electron chi connectivity index (χ1n) is 11.1. The van der Waals surface area contributed by atoms with Crippen molar-refractivity contribution in [3.05, 3.63) is 101 Å². The van der Waals surface area contributed by atoms with Gasteiger partial charge in [0.05, 0.1) is 24.0 Å². The lowest BCUT2D eigenvalue weighted by Crippen LogP contribution is -2.34. The predicted octanol–water partition coefficient (Wildman–Crippen LogP) is 5.16. The van der Waals surface area contributed by atoms with E-state index in [2.05, 4.69) is 24.9 Å². The van der Waals surface area contributed by atoms with Gasteiger partial charge in [-0.25, -0.2) is 9.78 Å². The van der Waals surface area contributed by atoms with Crippen molar-refractivity contribution in [1.82, 2.24) is 20.2 Å². The minimum absolute atomic E-state index is 0.120. The Morgan fingerprint density at radius 3 is 2.03 bits per heavy atom. The highest BCUT2D eigenvalue weighted by Gasteiger charge is 2.27. The number of ether oxygens (including phenoxy) is 1. The number of hydrogen-bond acceptors (Lipinski definition) is 3. The number of benzene rings is 3. The SMILES string of the molecule is O=C(NCc1ccc(COCC(F)(F)F)cc1)NCc1ccc(Cn2cnc3ccccc32)cc1. The van der Waals surface area contributed by atoms with Crippen LogP contribution < -0.4 is 10.6 Å². The standard InChI is InChI=1S/C26H25F3N4O2/c27-26(28,29)17-35-16-22-11-7-20(8-12-22)14-31-25(34)30-13-19-5-9-21(10-6-19)15-33-18-32-23-3-1-2-4-24(23)33/h1-12,18H,13-17H2,(H2,30,31,34). The van der Waals surface area contributed by atoms with E-state index < -0.39 is 12.8 Å². The molecule has 0 saturated heterocycles. The number of carbonyl (C=O) groups excluding carboxylic acids is 1. The zero-order valence-electron chi connectivity index (χ0n) is 18.9. The van der Waals surface area contributed by atoms with Gasteiger partial charge < -0.3 is 19.9 Å². The Hall–Kier alpha value is -3.85. The number of amides is 2. The first-order valence-corrected chi connectivity index (χ1v) is 11.1. The van der Waals surface area contributed by atoms with E-state index in [1.165, 1.54) is 0 Å². The number of nitrogens with zero attached hydrogens (tertiary/aromatic N) is 2. The van der Waals surface area contributed by atoms with E-state index in [4.69, 9.17) is 0 Å². The summed E-state index contributed by atoms with van der Waals surface area (Å²) in [5, 5.41) is 5.59. The third-order valence-corrected chi connectivity index (χ3v) is 5.37. The van der Waals surface area contributed by atoms with Crippen LogP contribution in [0.4, 0.5) is 18.0 Å². The summed E-state index contributed by atoms with van der Waals surface area (Å²) in [6.45, 7) is -0.00269. The molecule has 4 aromatic rings. The zero-order chi connectivity index (χ0) is 24.7. The molecule has 9 heteroatoms. The fourth-order valence-electron chi connectivity index (χ4n) is 3.56. The number of carbonyl (C=O) groups is 1. The summed E-state index contributed by atoms with van der Waals surface area (Å²) in [5.74, 6) is 0. The van der Waals surface area contributed by atoms with Crippen LogP contribution >= 0.6 is 0 Å². The Balaban J connectivity index is 1.19. The molecule has 2 N–H and O–H groups in total. The highest BCUT2D eigenvalue weighted by molar-refractivity contribution is 5.75. The van der Waals surface area contributed by atoms with Crippen LogP contribution in [0.25, 0.3) is 11.0 Å². The van der Waals surface area contributed by atoms with Gasteiger partial charge in [-0.15, -0.1) is 0 Å². The molecule has 0 spiro atoms. The van der Waals surface area contributed by atoms with Crippen molar-refractivity contribution >= 4 is 17.1 Å². The highest BCUT2D eigenvalue weighted by atomic mass is 19.4. The molecular weight excluding hydrogens is 457 g/mol. The molecule has 35 heavy (non-hydrogen) atoms. The van der Waals surface area contributed by atoms with E-state index in [-0.39, 0.29) is 12.6 Å². The molecule has 0 aliphatic heterocycles. The van der Waals surface area contributed by atoms with Gasteiger partial charge in [-0.05, 0) is 34.4 Å². The van der Waals surface area contributed by atoms with E-state index in [1.54, 1.807) is 24.3 Å². The molecule has 0 aliphatic rings. The number of urea groups is 1. The fraction of sp³-hybridized carbons (Fsp3) is 0.231. The van der Waals surface area contributed by atoms with Gasteiger partial charge in [-0.3, -0.25) is 0 Å². The van der Waals surface area contributed by atoms with E-state index in [0.717, 1.165) is 27.7 Å². The maximum Gasteiger partial charge on any atom is 0.411 e. The molecule has 3 aromatic carbocycles. The Morgan fingerprint density at radius 1 is 0.829 bits per heavy atom. The summed E-state index contributed by atoms with van der Waals surface area (Å²) in [5.41, 5.74) is 5.61. The monoisotopic (exact) mass is 482 g/mol.